The molecule has 3 heteroatoms. The number of methoxy groups -OCH3 is 1. The molecule has 0 bridgehead atoms. The zero-order valence-corrected chi connectivity index (χ0v) is 13.0. The summed E-state index contributed by atoms with van der Waals surface area (Å²) in [5, 5.41) is 3.57. The molecule has 0 amide bonds. The highest BCUT2D eigenvalue weighted by atomic mass is 79.9. The Labute approximate surface area is 118 Å². The summed E-state index contributed by atoms with van der Waals surface area (Å²) < 4.78 is 6.59. The van der Waals surface area contributed by atoms with E-state index in [9.17, 15) is 0 Å². The fraction of sp³-hybridized carbons (Fsp3) is 0.600. The van der Waals surface area contributed by atoms with Gasteiger partial charge in [-0.3, -0.25) is 0 Å². The lowest BCUT2D eigenvalue weighted by Gasteiger charge is -2.19. The van der Waals surface area contributed by atoms with Crippen LogP contribution in [0, 0.1) is 5.41 Å². The van der Waals surface area contributed by atoms with Gasteiger partial charge >= 0.3 is 0 Å². The highest BCUT2D eigenvalue weighted by Crippen LogP contribution is 2.49. The third-order valence-electron chi connectivity index (χ3n) is 3.65. The molecule has 0 atom stereocenters. The Bertz CT molecular complexity index is 413. The first-order chi connectivity index (χ1) is 8.54. The molecule has 0 unspecified atom stereocenters. The first-order valence-electron chi connectivity index (χ1n) is 6.60. The van der Waals surface area contributed by atoms with Crippen LogP contribution in [0.4, 0.5) is 0 Å². The van der Waals surface area contributed by atoms with Crippen LogP contribution in [0.15, 0.2) is 22.7 Å². The minimum atomic E-state index is 0.457. The molecule has 0 saturated heterocycles. The van der Waals surface area contributed by atoms with Gasteiger partial charge in [-0.15, -0.1) is 0 Å². The van der Waals surface area contributed by atoms with Gasteiger partial charge in [0, 0.05) is 17.1 Å². The number of benzene rings is 1. The molecule has 0 aromatic heterocycles. The summed E-state index contributed by atoms with van der Waals surface area (Å²) in [5.74, 6) is 1.01. The van der Waals surface area contributed by atoms with Gasteiger partial charge in [0.1, 0.15) is 5.75 Å². The maximum absolute atomic E-state index is 5.46. The van der Waals surface area contributed by atoms with E-state index in [1.54, 1.807) is 7.11 Å². The molecule has 1 aromatic rings. The summed E-state index contributed by atoms with van der Waals surface area (Å²) in [4.78, 5) is 0. The summed E-state index contributed by atoms with van der Waals surface area (Å²) in [6.07, 6.45) is 3.75. The number of nitrogens with one attached hydrogen (secondary N) is 1. The van der Waals surface area contributed by atoms with Gasteiger partial charge in [-0.1, -0.05) is 29.8 Å². The second-order valence-corrected chi connectivity index (χ2v) is 6.58. The van der Waals surface area contributed by atoms with Crippen LogP contribution in [0.2, 0.25) is 0 Å². The number of hydrogen-bond acceptors (Lipinski definition) is 2. The average Bonchev–Trinajstić information content (AvgIpc) is 3.07. The Morgan fingerprint density at radius 3 is 2.67 bits per heavy atom. The minimum absolute atomic E-state index is 0.457. The largest absolute Gasteiger partial charge is 0.496 e. The zero-order chi connectivity index (χ0) is 13.2. The topological polar surface area (TPSA) is 21.3 Å². The summed E-state index contributed by atoms with van der Waals surface area (Å²) >= 11 is 3.54. The van der Waals surface area contributed by atoms with Crippen molar-refractivity contribution in [1.29, 1.82) is 0 Å². The predicted octanol–water partition coefficient (Wildman–Crippen LogP) is 3.78. The van der Waals surface area contributed by atoms with Gasteiger partial charge in [0.15, 0.2) is 0 Å². The van der Waals surface area contributed by atoms with Gasteiger partial charge in [0.25, 0.3) is 0 Å². The maximum atomic E-state index is 5.46. The van der Waals surface area contributed by atoms with Crippen molar-refractivity contribution in [1.82, 2.24) is 5.32 Å². The SMILES string of the molecule is COc1ccc(Br)cc1CC1(CNC(C)C)CC1. The van der Waals surface area contributed by atoms with E-state index in [0.717, 1.165) is 23.2 Å². The molecule has 1 N–H and O–H groups in total. The van der Waals surface area contributed by atoms with E-state index in [1.165, 1.54) is 18.4 Å². The number of rotatable bonds is 6. The van der Waals surface area contributed by atoms with E-state index >= 15 is 0 Å². The molecule has 1 aliphatic carbocycles. The first-order valence-corrected chi connectivity index (χ1v) is 7.40. The molecule has 2 nitrogen and oxygen atoms in total. The molecule has 2 rings (SSSR count). The number of ether oxygens (including phenoxy) is 1. The smallest absolute Gasteiger partial charge is 0.122 e. The molecule has 18 heavy (non-hydrogen) atoms. The third-order valence-corrected chi connectivity index (χ3v) is 4.14. The van der Waals surface area contributed by atoms with E-state index < -0.39 is 0 Å². The average molecular weight is 312 g/mol. The highest BCUT2D eigenvalue weighted by Gasteiger charge is 2.42. The van der Waals surface area contributed by atoms with E-state index in [0.29, 0.717) is 11.5 Å². The van der Waals surface area contributed by atoms with E-state index in [4.69, 9.17) is 4.74 Å². The Morgan fingerprint density at radius 2 is 2.11 bits per heavy atom. The molecule has 0 spiro atoms. The summed E-state index contributed by atoms with van der Waals surface area (Å²) in [7, 11) is 1.75. The van der Waals surface area contributed by atoms with Gasteiger partial charge in [-0.05, 0) is 48.4 Å². The van der Waals surface area contributed by atoms with Crippen molar-refractivity contribution in [2.75, 3.05) is 13.7 Å². The number of halogens is 1. The van der Waals surface area contributed by atoms with Crippen molar-refractivity contribution < 1.29 is 4.74 Å². The standard InChI is InChI=1S/C15H22BrNO/c1-11(2)17-10-15(6-7-15)9-12-8-13(16)4-5-14(12)18-3/h4-5,8,11,17H,6-7,9-10H2,1-3H3. The van der Waals surface area contributed by atoms with E-state index in [-0.39, 0.29) is 0 Å². The Hall–Kier alpha value is -0.540. The lowest BCUT2D eigenvalue weighted by atomic mass is 9.95. The van der Waals surface area contributed by atoms with Crippen LogP contribution < -0.4 is 10.1 Å². The molecule has 100 valence electrons. The van der Waals surface area contributed by atoms with Gasteiger partial charge in [0.05, 0.1) is 7.11 Å². The Balaban J connectivity index is 2.06. The molecular formula is C15H22BrNO. The second kappa shape index (κ2) is 5.62. The predicted molar refractivity (Wildman–Crippen MR) is 79.2 cm³/mol. The van der Waals surface area contributed by atoms with Crippen LogP contribution in [0.3, 0.4) is 0 Å². The lowest BCUT2D eigenvalue weighted by Crippen LogP contribution is -2.31. The van der Waals surface area contributed by atoms with E-state index in [1.807, 2.05) is 12.1 Å². The summed E-state index contributed by atoms with van der Waals surface area (Å²) in [6, 6.07) is 6.83. The van der Waals surface area contributed by atoms with Crippen molar-refractivity contribution in [2.45, 2.75) is 39.2 Å². The maximum Gasteiger partial charge on any atom is 0.122 e. The molecule has 1 aliphatic rings. The van der Waals surface area contributed by atoms with E-state index in [2.05, 4.69) is 41.2 Å². The van der Waals surface area contributed by atoms with Gasteiger partial charge in [0.2, 0.25) is 0 Å². The zero-order valence-electron chi connectivity index (χ0n) is 11.4. The third kappa shape index (κ3) is 3.48. The molecule has 1 fully saturated rings. The van der Waals surface area contributed by atoms with Crippen LogP contribution >= 0.6 is 15.9 Å². The molecule has 0 aliphatic heterocycles. The molecule has 1 aromatic carbocycles. The monoisotopic (exact) mass is 311 g/mol. The van der Waals surface area contributed by atoms with Crippen LogP contribution in [0.25, 0.3) is 0 Å². The molecular weight excluding hydrogens is 290 g/mol. The van der Waals surface area contributed by atoms with Crippen LogP contribution in [0.1, 0.15) is 32.3 Å². The molecule has 1 saturated carbocycles. The number of hydrogen-bond donors (Lipinski definition) is 1. The normalized spacial score (nSPS) is 16.9. The van der Waals surface area contributed by atoms with Gasteiger partial charge < -0.3 is 10.1 Å². The summed E-state index contributed by atoms with van der Waals surface area (Å²) in [6.45, 7) is 5.52. The lowest BCUT2D eigenvalue weighted by molar-refractivity contribution is 0.391. The van der Waals surface area contributed by atoms with Crippen molar-refractivity contribution in [3.63, 3.8) is 0 Å². The van der Waals surface area contributed by atoms with Crippen molar-refractivity contribution >= 4 is 15.9 Å². The fourth-order valence-electron chi connectivity index (χ4n) is 2.30. The van der Waals surface area contributed by atoms with Crippen molar-refractivity contribution in [3.05, 3.63) is 28.2 Å². The Kier molecular flexibility index (Phi) is 4.33. The van der Waals surface area contributed by atoms with Crippen molar-refractivity contribution in [2.24, 2.45) is 5.41 Å². The van der Waals surface area contributed by atoms with Crippen LogP contribution in [0.5, 0.6) is 5.75 Å². The first kappa shape index (κ1) is 13.9. The Morgan fingerprint density at radius 1 is 1.39 bits per heavy atom. The van der Waals surface area contributed by atoms with Gasteiger partial charge in [-0.2, -0.15) is 0 Å². The summed E-state index contributed by atoms with van der Waals surface area (Å²) in [5.41, 5.74) is 1.77. The quantitative estimate of drug-likeness (QED) is 0.863. The fourth-order valence-corrected chi connectivity index (χ4v) is 2.71. The van der Waals surface area contributed by atoms with Gasteiger partial charge in [-0.25, -0.2) is 0 Å². The highest BCUT2D eigenvalue weighted by molar-refractivity contribution is 9.10. The van der Waals surface area contributed by atoms with Crippen LogP contribution in [-0.4, -0.2) is 19.7 Å². The van der Waals surface area contributed by atoms with Crippen molar-refractivity contribution in [3.8, 4) is 5.75 Å². The minimum Gasteiger partial charge on any atom is -0.496 e. The second-order valence-electron chi connectivity index (χ2n) is 5.67. The molecule has 0 heterocycles. The molecule has 0 radical (unpaired) electrons. The van der Waals surface area contributed by atoms with Crippen LogP contribution in [-0.2, 0) is 6.42 Å².